The molecule has 112 valence electrons. The Morgan fingerprint density at radius 1 is 1.27 bits per heavy atom. The molecule has 0 N–H and O–H groups in total. The third-order valence-corrected chi connectivity index (χ3v) is 4.26. The van der Waals surface area contributed by atoms with E-state index in [0.717, 1.165) is 19.9 Å². The maximum atomic E-state index is 12.4. The Labute approximate surface area is 130 Å². The molecule has 0 spiro atoms. The fourth-order valence-electron chi connectivity index (χ4n) is 2.07. The van der Waals surface area contributed by atoms with Crippen LogP contribution in [0.5, 0.6) is 0 Å². The summed E-state index contributed by atoms with van der Waals surface area (Å²) < 4.78 is 2.25. The second kappa shape index (κ2) is 5.69. The zero-order valence-electron chi connectivity index (χ0n) is 12.2. The van der Waals surface area contributed by atoms with Crippen molar-refractivity contribution >= 4 is 27.5 Å². The molecule has 3 aromatic rings. The summed E-state index contributed by atoms with van der Waals surface area (Å²) in [4.78, 5) is 29.7. The van der Waals surface area contributed by atoms with Gasteiger partial charge in [0.25, 0.3) is 11.5 Å². The summed E-state index contributed by atoms with van der Waals surface area (Å²) >= 11 is 1.56. The number of aryl methyl sites for hydroxylation is 1. The van der Waals surface area contributed by atoms with Gasteiger partial charge in [0.2, 0.25) is 0 Å². The van der Waals surface area contributed by atoms with Crippen molar-refractivity contribution in [1.82, 2.24) is 19.7 Å². The van der Waals surface area contributed by atoms with E-state index in [1.807, 2.05) is 24.3 Å². The van der Waals surface area contributed by atoms with Gasteiger partial charge in [0, 0.05) is 20.2 Å². The van der Waals surface area contributed by atoms with Gasteiger partial charge >= 0.3 is 0 Å². The molecular weight excluding hydrogens is 300 g/mol. The average Bonchev–Trinajstić information content (AvgIpc) is 2.91. The number of benzene rings is 1. The summed E-state index contributed by atoms with van der Waals surface area (Å²) in [5, 5.41) is 4.84. The highest BCUT2D eigenvalue weighted by molar-refractivity contribution is 7.18. The molecule has 0 bridgehead atoms. The van der Waals surface area contributed by atoms with Crippen LogP contribution in [0.15, 0.2) is 41.2 Å². The minimum atomic E-state index is -0.245. The first-order chi connectivity index (χ1) is 10.5. The molecule has 0 unspecified atom stereocenters. The molecule has 0 aliphatic heterocycles. The van der Waals surface area contributed by atoms with Gasteiger partial charge in [0.05, 0.1) is 16.8 Å². The van der Waals surface area contributed by atoms with E-state index < -0.39 is 0 Å². The van der Waals surface area contributed by atoms with E-state index in [-0.39, 0.29) is 17.2 Å². The highest BCUT2D eigenvalue weighted by Crippen LogP contribution is 2.22. The molecule has 7 heteroatoms. The number of para-hydroxylation sites is 1. The van der Waals surface area contributed by atoms with Crippen molar-refractivity contribution in [2.24, 2.45) is 7.05 Å². The van der Waals surface area contributed by atoms with Gasteiger partial charge in [-0.05, 0) is 18.2 Å². The van der Waals surface area contributed by atoms with Gasteiger partial charge in [0.15, 0.2) is 0 Å². The molecule has 2 aromatic heterocycles. The summed E-state index contributed by atoms with van der Waals surface area (Å²) in [6.07, 6.45) is 0. The fraction of sp³-hybridized carbons (Fsp3) is 0.200. The maximum Gasteiger partial charge on any atom is 0.274 e. The first-order valence-electron chi connectivity index (χ1n) is 6.69. The van der Waals surface area contributed by atoms with Gasteiger partial charge in [-0.3, -0.25) is 9.59 Å². The number of nitrogens with zero attached hydrogens (tertiary/aromatic N) is 4. The van der Waals surface area contributed by atoms with Crippen molar-refractivity contribution in [2.75, 3.05) is 7.05 Å². The normalized spacial score (nSPS) is 10.8. The zero-order valence-corrected chi connectivity index (χ0v) is 13.0. The first-order valence-corrected chi connectivity index (χ1v) is 7.50. The Balaban J connectivity index is 1.80. The highest BCUT2D eigenvalue weighted by atomic mass is 32.1. The average molecular weight is 314 g/mol. The number of fused-ring (bicyclic) bond motifs is 1. The predicted molar refractivity (Wildman–Crippen MR) is 84.9 cm³/mol. The van der Waals surface area contributed by atoms with E-state index in [0.29, 0.717) is 6.54 Å². The summed E-state index contributed by atoms with van der Waals surface area (Å²) in [6.45, 7) is 0.405. The monoisotopic (exact) mass is 314 g/mol. The molecule has 0 aliphatic carbocycles. The molecule has 0 radical (unpaired) electrons. The van der Waals surface area contributed by atoms with Crippen LogP contribution in [0.3, 0.4) is 0 Å². The van der Waals surface area contributed by atoms with Gasteiger partial charge in [-0.1, -0.05) is 12.1 Å². The number of carbonyl (C=O) groups is 1. The summed E-state index contributed by atoms with van der Waals surface area (Å²) in [5.74, 6) is -0.241. The molecule has 0 saturated carbocycles. The Kier molecular flexibility index (Phi) is 3.72. The van der Waals surface area contributed by atoms with Crippen molar-refractivity contribution in [3.8, 4) is 0 Å². The summed E-state index contributed by atoms with van der Waals surface area (Å²) in [5.41, 5.74) is 0.930. The minimum absolute atomic E-state index is 0.241. The van der Waals surface area contributed by atoms with E-state index in [1.54, 1.807) is 23.3 Å². The van der Waals surface area contributed by atoms with Gasteiger partial charge < -0.3 is 4.90 Å². The number of hydrogen-bond donors (Lipinski definition) is 0. The molecule has 0 saturated heterocycles. The smallest absolute Gasteiger partial charge is 0.274 e. The predicted octanol–water partition coefficient (Wildman–Crippen LogP) is 1.66. The molecule has 6 nitrogen and oxygen atoms in total. The number of aromatic nitrogens is 3. The van der Waals surface area contributed by atoms with Gasteiger partial charge in [-0.2, -0.15) is 5.10 Å². The number of rotatable bonds is 3. The van der Waals surface area contributed by atoms with E-state index >= 15 is 0 Å². The molecule has 22 heavy (non-hydrogen) atoms. The second-order valence-electron chi connectivity index (χ2n) is 4.92. The van der Waals surface area contributed by atoms with Crippen LogP contribution in [-0.2, 0) is 13.6 Å². The first kappa shape index (κ1) is 14.4. The van der Waals surface area contributed by atoms with E-state index in [9.17, 15) is 9.59 Å². The lowest BCUT2D eigenvalue weighted by Gasteiger charge is -2.15. The van der Waals surface area contributed by atoms with E-state index in [2.05, 4.69) is 10.1 Å². The molecule has 3 rings (SSSR count). The molecule has 0 fully saturated rings. The lowest BCUT2D eigenvalue weighted by atomic mass is 10.3. The van der Waals surface area contributed by atoms with Crippen LogP contribution in [-0.4, -0.2) is 32.6 Å². The number of thiazole rings is 1. The zero-order chi connectivity index (χ0) is 15.7. The van der Waals surface area contributed by atoms with Crippen LogP contribution < -0.4 is 5.56 Å². The highest BCUT2D eigenvalue weighted by Gasteiger charge is 2.16. The summed E-state index contributed by atoms with van der Waals surface area (Å²) in [6, 6.07) is 10.6. The number of hydrogen-bond acceptors (Lipinski definition) is 5. The number of carbonyl (C=O) groups excluding carboxylic acids is 1. The third-order valence-electron chi connectivity index (χ3n) is 3.24. The minimum Gasteiger partial charge on any atom is -0.334 e. The quantitative estimate of drug-likeness (QED) is 0.737. The molecular formula is C15H14N4O2S. The van der Waals surface area contributed by atoms with Crippen LogP contribution >= 0.6 is 11.3 Å². The van der Waals surface area contributed by atoms with Crippen molar-refractivity contribution in [3.63, 3.8) is 0 Å². The van der Waals surface area contributed by atoms with Crippen molar-refractivity contribution in [1.29, 1.82) is 0 Å². The summed E-state index contributed by atoms with van der Waals surface area (Å²) in [7, 11) is 3.22. The van der Waals surface area contributed by atoms with Crippen LogP contribution in [0, 0.1) is 0 Å². The van der Waals surface area contributed by atoms with Crippen LogP contribution in [0.25, 0.3) is 10.2 Å². The Morgan fingerprint density at radius 2 is 2.05 bits per heavy atom. The maximum absolute atomic E-state index is 12.4. The van der Waals surface area contributed by atoms with Crippen LogP contribution in [0.4, 0.5) is 0 Å². The lowest BCUT2D eigenvalue weighted by molar-refractivity contribution is 0.0776. The Morgan fingerprint density at radius 3 is 2.77 bits per heavy atom. The fourth-order valence-corrected chi connectivity index (χ4v) is 3.10. The Bertz CT molecular complexity index is 867. The molecule has 0 atom stereocenters. The topological polar surface area (TPSA) is 68.1 Å². The van der Waals surface area contributed by atoms with Gasteiger partial charge in [0.1, 0.15) is 10.7 Å². The van der Waals surface area contributed by atoms with E-state index in [4.69, 9.17) is 0 Å². The van der Waals surface area contributed by atoms with Crippen LogP contribution in [0.1, 0.15) is 15.5 Å². The number of amides is 1. The van der Waals surface area contributed by atoms with Crippen LogP contribution in [0.2, 0.25) is 0 Å². The van der Waals surface area contributed by atoms with Crippen molar-refractivity contribution in [3.05, 3.63) is 57.5 Å². The third kappa shape index (κ3) is 2.75. The van der Waals surface area contributed by atoms with E-state index in [1.165, 1.54) is 19.2 Å². The Hall–Kier alpha value is -2.54. The molecule has 0 aliphatic rings. The molecule has 1 aromatic carbocycles. The molecule has 2 heterocycles. The molecule has 1 amide bonds. The lowest BCUT2D eigenvalue weighted by Crippen LogP contribution is -2.30. The largest absolute Gasteiger partial charge is 0.334 e. The SMILES string of the molecule is CN(Cc1nc2ccccc2s1)C(=O)c1ccc(=O)n(C)n1. The van der Waals surface area contributed by atoms with Crippen molar-refractivity contribution < 1.29 is 4.79 Å². The van der Waals surface area contributed by atoms with Gasteiger partial charge in [-0.25, -0.2) is 9.67 Å². The standard InChI is InChI=1S/C15H14N4O2S/c1-18(15(21)11-7-8-14(20)19(2)17-11)9-13-16-10-5-3-4-6-12(10)22-13/h3-8H,9H2,1-2H3. The van der Waals surface area contributed by atoms with Crippen molar-refractivity contribution in [2.45, 2.75) is 6.54 Å². The van der Waals surface area contributed by atoms with Gasteiger partial charge in [-0.15, -0.1) is 11.3 Å². The second-order valence-corrected chi connectivity index (χ2v) is 6.03.